The SMILES string of the molecule is Cc1ccc(C(=O)O)cc1-n1c(C)cc([C@H]2[C@@H](c3ccccn3)NC(=S)N2CCO)c1C. The van der Waals surface area contributed by atoms with Crippen LogP contribution in [0.5, 0.6) is 0 Å². The van der Waals surface area contributed by atoms with Crippen molar-refractivity contribution in [2.24, 2.45) is 0 Å². The molecule has 1 fully saturated rings. The molecule has 1 aliphatic heterocycles. The minimum atomic E-state index is -0.955. The molecule has 0 unspecified atom stereocenters. The van der Waals surface area contributed by atoms with Crippen LogP contribution in [-0.2, 0) is 0 Å². The minimum Gasteiger partial charge on any atom is -0.478 e. The van der Waals surface area contributed by atoms with E-state index in [2.05, 4.69) is 20.9 Å². The first-order valence-corrected chi connectivity index (χ1v) is 10.9. The van der Waals surface area contributed by atoms with Gasteiger partial charge >= 0.3 is 5.97 Å². The van der Waals surface area contributed by atoms with Crippen molar-refractivity contribution in [3.63, 3.8) is 0 Å². The van der Waals surface area contributed by atoms with E-state index in [0.29, 0.717) is 11.7 Å². The van der Waals surface area contributed by atoms with Crippen molar-refractivity contribution in [1.29, 1.82) is 0 Å². The number of thiocarbonyl (C=S) groups is 1. The molecule has 0 saturated carbocycles. The molecule has 7 nitrogen and oxygen atoms in total. The zero-order valence-corrected chi connectivity index (χ0v) is 19.1. The lowest BCUT2D eigenvalue weighted by Gasteiger charge is -2.27. The van der Waals surface area contributed by atoms with Crippen molar-refractivity contribution in [3.05, 3.63) is 82.4 Å². The number of β-amino-alcohol motifs (C(OH)–C–C–N with tert-alkyl or cyclic N) is 1. The maximum absolute atomic E-state index is 11.6. The van der Waals surface area contributed by atoms with Gasteiger partial charge in [-0.1, -0.05) is 12.1 Å². The predicted molar refractivity (Wildman–Crippen MR) is 126 cm³/mol. The Kier molecular flexibility index (Phi) is 5.99. The molecule has 4 rings (SSSR count). The molecule has 1 saturated heterocycles. The second kappa shape index (κ2) is 8.72. The quantitative estimate of drug-likeness (QED) is 0.496. The van der Waals surface area contributed by atoms with Gasteiger partial charge in [0.1, 0.15) is 0 Å². The summed E-state index contributed by atoms with van der Waals surface area (Å²) in [5.74, 6) is -0.955. The molecule has 0 spiro atoms. The standard InChI is InChI=1S/C24H26N4O3S/c1-14-7-8-17(23(30)31)13-20(14)28-15(2)12-18(16(28)3)22-21(19-6-4-5-9-25-19)26-24(32)27(22)10-11-29/h4-9,12-13,21-22,29H,10-11H2,1-3H3,(H,26,32)(H,30,31)/t21-,22+/m1/s1. The van der Waals surface area contributed by atoms with Gasteiger partial charge in [-0.2, -0.15) is 0 Å². The number of carboxylic acid groups (broad SMARTS) is 1. The van der Waals surface area contributed by atoms with Crippen LogP contribution in [0.4, 0.5) is 0 Å². The Morgan fingerprint density at radius 2 is 1.97 bits per heavy atom. The minimum absolute atomic E-state index is 0.0221. The Balaban J connectivity index is 1.86. The van der Waals surface area contributed by atoms with Crippen LogP contribution in [0.2, 0.25) is 0 Å². The highest BCUT2D eigenvalue weighted by Crippen LogP contribution is 2.41. The lowest BCUT2D eigenvalue weighted by atomic mass is 9.97. The van der Waals surface area contributed by atoms with Crippen LogP contribution in [0, 0.1) is 20.8 Å². The first kappa shape index (κ1) is 22.0. The highest BCUT2D eigenvalue weighted by atomic mass is 32.1. The average molecular weight is 451 g/mol. The van der Waals surface area contributed by atoms with Gasteiger partial charge in [-0.25, -0.2) is 4.79 Å². The number of pyridine rings is 1. The number of hydrogen-bond donors (Lipinski definition) is 3. The van der Waals surface area contributed by atoms with Crippen molar-refractivity contribution in [3.8, 4) is 5.69 Å². The van der Waals surface area contributed by atoms with E-state index in [1.807, 2.05) is 49.9 Å². The Morgan fingerprint density at radius 3 is 2.62 bits per heavy atom. The van der Waals surface area contributed by atoms with Crippen LogP contribution in [0.1, 0.15) is 50.7 Å². The van der Waals surface area contributed by atoms with E-state index in [4.69, 9.17) is 12.2 Å². The highest BCUT2D eigenvalue weighted by Gasteiger charge is 2.41. The third kappa shape index (κ3) is 3.76. The van der Waals surface area contributed by atoms with Gasteiger partial charge in [0, 0.05) is 29.8 Å². The lowest BCUT2D eigenvalue weighted by molar-refractivity contribution is 0.0697. The van der Waals surface area contributed by atoms with Crippen LogP contribution >= 0.6 is 12.2 Å². The molecule has 1 aliphatic rings. The molecule has 8 heteroatoms. The summed E-state index contributed by atoms with van der Waals surface area (Å²) in [7, 11) is 0. The van der Waals surface area contributed by atoms with Crippen molar-refractivity contribution in [1.82, 2.24) is 19.8 Å². The highest BCUT2D eigenvalue weighted by molar-refractivity contribution is 7.80. The van der Waals surface area contributed by atoms with Crippen LogP contribution in [0.15, 0.2) is 48.7 Å². The number of nitrogens with zero attached hydrogens (tertiary/aromatic N) is 3. The largest absolute Gasteiger partial charge is 0.478 e. The fourth-order valence-electron chi connectivity index (χ4n) is 4.53. The van der Waals surface area contributed by atoms with Gasteiger partial charge in [0.15, 0.2) is 5.11 Å². The monoisotopic (exact) mass is 450 g/mol. The molecule has 2 atom stereocenters. The molecule has 166 valence electrons. The molecule has 2 aromatic heterocycles. The van der Waals surface area contributed by atoms with Crippen LogP contribution in [-0.4, -0.2) is 48.9 Å². The van der Waals surface area contributed by atoms with Crippen molar-refractivity contribution in [2.75, 3.05) is 13.2 Å². The number of aryl methyl sites for hydroxylation is 2. The number of aromatic carboxylic acids is 1. The summed E-state index contributed by atoms with van der Waals surface area (Å²) < 4.78 is 2.09. The van der Waals surface area contributed by atoms with Gasteiger partial charge in [-0.15, -0.1) is 0 Å². The molecule has 0 bridgehead atoms. The number of carbonyl (C=O) groups is 1. The molecular formula is C24H26N4O3S. The maximum Gasteiger partial charge on any atom is 0.335 e. The summed E-state index contributed by atoms with van der Waals surface area (Å²) in [6.07, 6.45) is 1.76. The number of aliphatic hydroxyl groups excluding tert-OH is 1. The first-order valence-electron chi connectivity index (χ1n) is 10.5. The van der Waals surface area contributed by atoms with Crippen molar-refractivity contribution >= 4 is 23.3 Å². The van der Waals surface area contributed by atoms with E-state index in [1.165, 1.54) is 0 Å². The molecule has 3 heterocycles. The van der Waals surface area contributed by atoms with Crippen molar-refractivity contribution in [2.45, 2.75) is 32.9 Å². The molecule has 3 N–H and O–H groups in total. The van der Waals surface area contributed by atoms with Gasteiger partial charge in [0.2, 0.25) is 0 Å². The number of benzene rings is 1. The normalized spacial score (nSPS) is 18.1. The fourth-order valence-corrected chi connectivity index (χ4v) is 4.87. The van der Waals surface area contributed by atoms with Gasteiger partial charge < -0.3 is 25.0 Å². The Morgan fingerprint density at radius 1 is 1.19 bits per heavy atom. The first-order chi connectivity index (χ1) is 15.3. The Hall–Kier alpha value is -3.23. The average Bonchev–Trinajstić information content (AvgIpc) is 3.25. The molecule has 0 aliphatic carbocycles. The van der Waals surface area contributed by atoms with E-state index in [1.54, 1.807) is 18.3 Å². The number of nitrogens with one attached hydrogen (secondary N) is 1. The maximum atomic E-state index is 11.6. The van der Waals surface area contributed by atoms with E-state index in [-0.39, 0.29) is 24.3 Å². The number of aromatic nitrogens is 2. The molecule has 0 radical (unpaired) electrons. The molecule has 3 aromatic rings. The smallest absolute Gasteiger partial charge is 0.335 e. The molecule has 32 heavy (non-hydrogen) atoms. The number of carboxylic acids is 1. The third-order valence-electron chi connectivity index (χ3n) is 6.02. The summed E-state index contributed by atoms with van der Waals surface area (Å²) in [6.45, 7) is 6.39. The number of rotatable bonds is 6. The Bertz CT molecular complexity index is 1180. The second-order valence-electron chi connectivity index (χ2n) is 8.01. The van der Waals surface area contributed by atoms with Gasteiger partial charge in [-0.05, 0) is 74.4 Å². The Labute approximate surface area is 192 Å². The summed E-state index contributed by atoms with van der Waals surface area (Å²) in [5, 5.41) is 23.1. The summed E-state index contributed by atoms with van der Waals surface area (Å²) in [4.78, 5) is 18.1. The number of aliphatic hydroxyl groups is 1. The zero-order valence-electron chi connectivity index (χ0n) is 18.2. The van der Waals surface area contributed by atoms with Gasteiger partial charge in [0.25, 0.3) is 0 Å². The van der Waals surface area contributed by atoms with Gasteiger partial charge in [-0.3, -0.25) is 4.98 Å². The van der Waals surface area contributed by atoms with Crippen LogP contribution < -0.4 is 5.32 Å². The zero-order chi connectivity index (χ0) is 23.0. The van der Waals surface area contributed by atoms with Gasteiger partial charge in [0.05, 0.1) is 29.9 Å². The summed E-state index contributed by atoms with van der Waals surface area (Å²) >= 11 is 5.61. The molecular weight excluding hydrogens is 424 g/mol. The fraction of sp³-hybridized carbons (Fsp3) is 0.292. The van der Waals surface area contributed by atoms with Crippen LogP contribution in [0.25, 0.3) is 5.69 Å². The van der Waals surface area contributed by atoms with E-state index < -0.39 is 5.97 Å². The summed E-state index contributed by atoms with van der Waals surface area (Å²) in [6, 6.07) is 12.7. The predicted octanol–water partition coefficient (Wildman–Crippen LogP) is 3.46. The lowest BCUT2D eigenvalue weighted by Crippen LogP contribution is -2.32. The van der Waals surface area contributed by atoms with Crippen LogP contribution in [0.3, 0.4) is 0 Å². The number of hydrogen-bond acceptors (Lipinski definition) is 4. The molecule has 0 amide bonds. The van der Waals surface area contributed by atoms with E-state index in [9.17, 15) is 15.0 Å². The van der Waals surface area contributed by atoms with E-state index in [0.717, 1.165) is 33.9 Å². The summed E-state index contributed by atoms with van der Waals surface area (Å²) in [5.41, 5.74) is 5.97. The van der Waals surface area contributed by atoms with Crippen molar-refractivity contribution < 1.29 is 15.0 Å². The second-order valence-corrected chi connectivity index (χ2v) is 8.40. The topological polar surface area (TPSA) is 90.6 Å². The van der Waals surface area contributed by atoms with E-state index >= 15 is 0 Å². The third-order valence-corrected chi connectivity index (χ3v) is 6.38. The molecule has 1 aromatic carbocycles.